The number of aromatic amines is 1. The first-order valence-corrected chi connectivity index (χ1v) is 6.37. The van der Waals surface area contributed by atoms with Gasteiger partial charge in [-0.1, -0.05) is 6.92 Å². The molecular formula is C7H15BF4N2O3S. The summed E-state index contributed by atoms with van der Waals surface area (Å²) in [7, 11) is -7.71. The molecule has 0 unspecified atom stereocenters. The van der Waals surface area contributed by atoms with Crippen molar-refractivity contribution in [3.8, 4) is 0 Å². The Labute approximate surface area is 103 Å². The van der Waals surface area contributed by atoms with Crippen LogP contribution in [0.2, 0.25) is 0 Å². The summed E-state index contributed by atoms with van der Waals surface area (Å²) in [5, 5.41) is 0. The number of imidazole rings is 1. The van der Waals surface area contributed by atoms with Gasteiger partial charge in [0.1, 0.15) is 12.4 Å². The Bertz CT molecular complexity index is 387. The molecule has 0 fully saturated rings. The molecule has 1 aromatic rings. The molecule has 1 heterocycles. The zero-order valence-electron chi connectivity index (χ0n) is 9.85. The van der Waals surface area contributed by atoms with Crippen molar-refractivity contribution in [3.05, 3.63) is 18.7 Å². The molecule has 0 aromatic carbocycles. The Morgan fingerprint density at radius 2 is 1.78 bits per heavy atom. The number of rotatable bonds is 2. The fraction of sp³-hybridized carbons (Fsp3) is 0.571. The Kier molecular flexibility index (Phi) is 9.54. The quantitative estimate of drug-likeness (QED) is 0.509. The summed E-state index contributed by atoms with van der Waals surface area (Å²) in [6.07, 6.45) is 6.17. The third kappa shape index (κ3) is 29.4. The highest BCUT2D eigenvalue weighted by Crippen LogP contribution is 2.06. The predicted octanol–water partition coefficient (Wildman–Crippen LogP) is 1.42. The maximum atomic E-state index is 9.79. The lowest BCUT2D eigenvalue weighted by molar-refractivity contribution is -0.377. The van der Waals surface area contributed by atoms with E-state index in [2.05, 4.69) is 4.98 Å². The second-order valence-corrected chi connectivity index (χ2v) is 4.63. The molecule has 0 aliphatic heterocycles. The Hall–Kier alpha value is -1.10. The van der Waals surface area contributed by atoms with Gasteiger partial charge in [0, 0.05) is 0 Å². The number of H-pyrrole nitrogens is 1. The highest BCUT2D eigenvalue weighted by atomic mass is 32.2. The number of aromatic nitrogens is 2. The van der Waals surface area contributed by atoms with Crippen LogP contribution in [0.5, 0.6) is 0 Å². The number of hydrogen-bond acceptors (Lipinski definition) is 2. The molecule has 11 heteroatoms. The first kappa shape index (κ1) is 19.2. The lowest BCUT2D eigenvalue weighted by Crippen LogP contribution is -2.02. The van der Waals surface area contributed by atoms with Crippen LogP contribution in [0.25, 0.3) is 0 Å². The maximum Gasteiger partial charge on any atom is 0.673 e. The maximum absolute atomic E-state index is 9.79. The van der Waals surface area contributed by atoms with Gasteiger partial charge in [0.15, 0.2) is 0 Å². The summed E-state index contributed by atoms with van der Waals surface area (Å²) in [5.74, 6) is -0.132. The van der Waals surface area contributed by atoms with Gasteiger partial charge in [0.25, 0.3) is 10.1 Å². The van der Waals surface area contributed by atoms with Crippen molar-refractivity contribution in [2.45, 2.75) is 13.3 Å². The normalized spacial score (nSPS) is 10.8. The van der Waals surface area contributed by atoms with Crippen molar-refractivity contribution in [2.75, 3.05) is 5.75 Å². The van der Waals surface area contributed by atoms with E-state index in [9.17, 15) is 25.7 Å². The third-order valence-electron chi connectivity index (χ3n) is 1.15. The first-order chi connectivity index (χ1) is 7.95. The number of nitrogens with one attached hydrogen (secondary N) is 1. The molecule has 1 aromatic heterocycles. The van der Waals surface area contributed by atoms with Crippen LogP contribution in [0.1, 0.15) is 13.3 Å². The van der Waals surface area contributed by atoms with E-state index in [1.54, 1.807) is 6.92 Å². The monoisotopic (exact) mass is 294 g/mol. The SMILES string of the molecule is CCCS(=O)(=O)O.Cn1cc[nH+]c1.F[B-](F)(F)F. The molecule has 5 nitrogen and oxygen atoms in total. The number of halogens is 4. The van der Waals surface area contributed by atoms with Crippen molar-refractivity contribution in [1.29, 1.82) is 0 Å². The second kappa shape index (κ2) is 8.92. The van der Waals surface area contributed by atoms with Gasteiger partial charge in [0.05, 0.1) is 12.8 Å². The van der Waals surface area contributed by atoms with Gasteiger partial charge < -0.3 is 17.3 Å². The predicted molar refractivity (Wildman–Crippen MR) is 58.9 cm³/mol. The van der Waals surface area contributed by atoms with Gasteiger partial charge in [-0.05, 0) is 6.42 Å². The summed E-state index contributed by atoms with van der Waals surface area (Å²) in [6.45, 7) is 1.69. The fourth-order valence-electron chi connectivity index (χ4n) is 0.622. The van der Waals surface area contributed by atoms with E-state index in [4.69, 9.17) is 4.55 Å². The van der Waals surface area contributed by atoms with E-state index < -0.39 is 17.4 Å². The lowest BCUT2D eigenvalue weighted by atomic mass is 10.3. The fourth-order valence-corrected chi connectivity index (χ4v) is 1.14. The number of nitrogens with zero attached hydrogens (tertiary/aromatic N) is 1. The molecule has 0 amide bonds. The molecule has 0 aliphatic carbocycles. The minimum absolute atomic E-state index is 0.132. The van der Waals surface area contributed by atoms with Gasteiger partial charge in [0.2, 0.25) is 6.33 Å². The summed E-state index contributed by atoms with van der Waals surface area (Å²) < 4.78 is 68.5. The van der Waals surface area contributed by atoms with Crippen LogP contribution in [0, 0.1) is 0 Å². The van der Waals surface area contributed by atoms with Crippen molar-refractivity contribution in [3.63, 3.8) is 0 Å². The van der Waals surface area contributed by atoms with Crippen LogP contribution in [-0.4, -0.2) is 30.5 Å². The molecule has 0 bridgehead atoms. The van der Waals surface area contributed by atoms with Crippen LogP contribution >= 0.6 is 0 Å². The summed E-state index contributed by atoms with van der Waals surface area (Å²) in [4.78, 5) is 2.89. The van der Waals surface area contributed by atoms with Crippen molar-refractivity contribution in [1.82, 2.24) is 4.57 Å². The van der Waals surface area contributed by atoms with E-state index in [1.807, 2.05) is 30.3 Å². The molecule has 18 heavy (non-hydrogen) atoms. The zero-order chi connectivity index (χ0) is 14.8. The van der Waals surface area contributed by atoms with Gasteiger partial charge in [-0.3, -0.25) is 9.54 Å². The number of hydrogen-bond donors (Lipinski definition) is 1. The first-order valence-electron chi connectivity index (χ1n) is 4.76. The standard InChI is InChI=1S/C4H6N2.C3H8O3S.BF4/c1-6-3-2-5-4-6;1-2-3-7(4,5)6;2-1(3,4)5/h2-4H,1H3;2-3H2,1H3,(H,4,5,6);/q;;-1/p+1. The molecule has 108 valence electrons. The topological polar surface area (TPSA) is 73.4 Å². The molecular weight excluding hydrogens is 279 g/mol. The molecule has 0 aliphatic rings. The average molecular weight is 294 g/mol. The smallest absolute Gasteiger partial charge is 0.418 e. The van der Waals surface area contributed by atoms with Crippen LogP contribution in [0.4, 0.5) is 17.3 Å². The van der Waals surface area contributed by atoms with E-state index in [1.165, 1.54) is 0 Å². The van der Waals surface area contributed by atoms with Crippen LogP contribution < -0.4 is 4.98 Å². The summed E-state index contributed by atoms with van der Waals surface area (Å²) in [5.41, 5.74) is 0. The van der Waals surface area contributed by atoms with Gasteiger partial charge >= 0.3 is 7.25 Å². The van der Waals surface area contributed by atoms with E-state index in [-0.39, 0.29) is 5.75 Å². The van der Waals surface area contributed by atoms with Crippen molar-refractivity contribution in [2.24, 2.45) is 7.05 Å². The van der Waals surface area contributed by atoms with Crippen LogP contribution in [-0.2, 0) is 17.2 Å². The van der Waals surface area contributed by atoms with Gasteiger partial charge in [-0.25, -0.2) is 4.57 Å². The van der Waals surface area contributed by atoms with Crippen molar-refractivity contribution < 1.29 is 35.2 Å². The largest absolute Gasteiger partial charge is 0.673 e. The lowest BCUT2D eigenvalue weighted by Gasteiger charge is -1.94. The van der Waals surface area contributed by atoms with E-state index in [0.717, 1.165) is 0 Å². The van der Waals surface area contributed by atoms with Crippen LogP contribution in [0.15, 0.2) is 18.7 Å². The van der Waals surface area contributed by atoms with Gasteiger partial charge in [-0.2, -0.15) is 8.42 Å². The van der Waals surface area contributed by atoms with E-state index >= 15 is 0 Å². The molecule has 0 spiro atoms. The summed E-state index contributed by atoms with van der Waals surface area (Å²) in [6, 6.07) is 0. The minimum atomic E-state index is -6.00. The molecule has 2 N–H and O–H groups in total. The number of aryl methyl sites for hydroxylation is 1. The summed E-state index contributed by atoms with van der Waals surface area (Å²) >= 11 is 0. The molecule has 0 radical (unpaired) electrons. The van der Waals surface area contributed by atoms with Gasteiger partial charge in [-0.15, -0.1) is 0 Å². The average Bonchev–Trinajstić information content (AvgIpc) is 2.51. The van der Waals surface area contributed by atoms with Crippen molar-refractivity contribution >= 4 is 17.4 Å². The molecule has 1 rings (SSSR count). The highest BCUT2D eigenvalue weighted by Gasteiger charge is 2.20. The Morgan fingerprint density at radius 1 is 1.33 bits per heavy atom. The Balaban J connectivity index is 0. The second-order valence-electron chi connectivity index (χ2n) is 3.06. The molecule has 0 saturated carbocycles. The van der Waals surface area contributed by atoms with E-state index in [0.29, 0.717) is 6.42 Å². The molecule has 0 saturated heterocycles. The third-order valence-corrected chi connectivity index (χ3v) is 2.07. The molecule has 0 atom stereocenters. The minimum Gasteiger partial charge on any atom is -0.418 e. The highest BCUT2D eigenvalue weighted by molar-refractivity contribution is 7.85. The van der Waals surface area contributed by atoms with Crippen LogP contribution in [0.3, 0.4) is 0 Å². The zero-order valence-corrected chi connectivity index (χ0v) is 10.7. The Morgan fingerprint density at radius 3 is 1.83 bits per heavy atom.